The number of benzene rings is 2. The average Bonchev–Trinajstić information content (AvgIpc) is 3.21. The molecule has 3 aromatic rings. The summed E-state index contributed by atoms with van der Waals surface area (Å²) in [6, 6.07) is 17.8. The van der Waals surface area contributed by atoms with Gasteiger partial charge in [0.25, 0.3) is 5.91 Å². The van der Waals surface area contributed by atoms with Gasteiger partial charge in [-0.15, -0.1) is 0 Å². The zero-order chi connectivity index (χ0) is 21.3. The van der Waals surface area contributed by atoms with Crippen molar-refractivity contribution in [1.29, 1.82) is 0 Å². The minimum Gasteiger partial charge on any atom is -0.489 e. The van der Waals surface area contributed by atoms with Gasteiger partial charge in [0.2, 0.25) is 0 Å². The number of furan rings is 1. The van der Waals surface area contributed by atoms with Gasteiger partial charge in [-0.25, -0.2) is 4.79 Å². The maximum atomic E-state index is 12.6. The van der Waals surface area contributed by atoms with E-state index in [-0.39, 0.29) is 18.3 Å². The van der Waals surface area contributed by atoms with E-state index in [0.29, 0.717) is 29.3 Å². The highest BCUT2D eigenvalue weighted by Gasteiger charge is 2.16. The van der Waals surface area contributed by atoms with Gasteiger partial charge in [-0.05, 0) is 42.3 Å². The molecule has 0 fully saturated rings. The second kappa shape index (κ2) is 10.2. The van der Waals surface area contributed by atoms with Crippen LogP contribution >= 0.6 is 0 Å². The lowest BCUT2D eigenvalue weighted by atomic mass is 10.2. The standard InChI is InChI=1S/C23H24N2O5/c1-16(2)14-30-23(27)25-19-8-6-7-18(13-19)24-22(26)21-17(11-12-28-21)15-29-20-9-4-3-5-10-20/h3-13,16H,14-15H2,1-2H3,(H,24,26)(H,25,27). The first-order valence-electron chi connectivity index (χ1n) is 9.60. The Morgan fingerprint density at radius 1 is 0.967 bits per heavy atom. The van der Waals surface area contributed by atoms with Crippen LogP contribution < -0.4 is 15.4 Å². The van der Waals surface area contributed by atoms with Crippen molar-refractivity contribution in [2.24, 2.45) is 5.92 Å². The molecule has 0 saturated carbocycles. The molecule has 0 bridgehead atoms. The monoisotopic (exact) mass is 408 g/mol. The maximum absolute atomic E-state index is 12.6. The van der Waals surface area contributed by atoms with Crippen LogP contribution in [0.2, 0.25) is 0 Å². The van der Waals surface area contributed by atoms with Crippen molar-refractivity contribution in [1.82, 2.24) is 0 Å². The van der Waals surface area contributed by atoms with Crippen molar-refractivity contribution in [3.05, 3.63) is 78.3 Å². The minimum atomic E-state index is -0.543. The summed E-state index contributed by atoms with van der Waals surface area (Å²) in [6.45, 7) is 4.44. The van der Waals surface area contributed by atoms with E-state index in [1.807, 2.05) is 44.2 Å². The Bertz CT molecular complexity index is 982. The third kappa shape index (κ3) is 6.13. The fourth-order valence-corrected chi connectivity index (χ4v) is 2.59. The number of carbonyl (C=O) groups excluding carboxylic acids is 2. The first kappa shape index (κ1) is 21.0. The molecule has 2 aromatic carbocycles. The van der Waals surface area contributed by atoms with Crippen molar-refractivity contribution >= 4 is 23.4 Å². The maximum Gasteiger partial charge on any atom is 0.411 e. The van der Waals surface area contributed by atoms with Crippen LogP contribution in [0.3, 0.4) is 0 Å². The van der Waals surface area contributed by atoms with Crippen molar-refractivity contribution < 1.29 is 23.5 Å². The van der Waals surface area contributed by atoms with E-state index in [4.69, 9.17) is 13.9 Å². The van der Waals surface area contributed by atoms with Crippen LogP contribution in [-0.4, -0.2) is 18.6 Å². The Balaban J connectivity index is 1.60. The zero-order valence-electron chi connectivity index (χ0n) is 16.9. The Labute approximate surface area is 175 Å². The van der Waals surface area contributed by atoms with Crippen molar-refractivity contribution in [3.8, 4) is 5.75 Å². The molecule has 1 aromatic heterocycles. The molecule has 0 aliphatic heterocycles. The van der Waals surface area contributed by atoms with Crippen LogP contribution in [0.15, 0.2) is 71.3 Å². The quantitative estimate of drug-likeness (QED) is 0.527. The molecule has 7 heteroatoms. The highest BCUT2D eigenvalue weighted by Crippen LogP contribution is 2.19. The van der Waals surface area contributed by atoms with Crippen LogP contribution in [-0.2, 0) is 11.3 Å². The Morgan fingerprint density at radius 2 is 1.70 bits per heavy atom. The van der Waals surface area contributed by atoms with Crippen LogP contribution in [0.5, 0.6) is 5.75 Å². The summed E-state index contributed by atoms with van der Waals surface area (Å²) in [5.74, 6) is 0.703. The average molecular weight is 408 g/mol. The molecular formula is C23H24N2O5. The van der Waals surface area contributed by atoms with Gasteiger partial charge in [0.15, 0.2) is 5.76 Å². The summed E-state index contributed by atoms with van der Waals surface area (Å²) in [7, 11) is 0. The van der Waals surface area contributed by atoms with Crippen LogP contribution in [0.25, 0.3) is 0 Å². The molecule has 0 unspecified atom stereocenters. The first-order chi connectivity index (χ1) is 14.5. The number of amides is 2. The van der Waals surface area contributed by atoms with Crippen LogP contribution in [0, 0.1) is 5.92 Å². The van der Waals surface area contributed by atoms with E-state index in [0.717, 1.165) is 0 Å². The molecule has 2 N–H and O–H groups in total. The second-order valence-corrected chi connectivity index (χ2v) is 7.03. The summed E-state index contributed by atoms with van der Waals surface area (Å²) in [4.78, 5) is 24.5. The third-order valence-corrected chi connectivity index (χ3v) is 4.01. The van der Waals surface area contributed by atoms with Gasteiger partial charge < -0.3 is 19.2 Å². The van der Waals surface area contributed by atoms with Gasteiger partial charge in [-0.3, -0.25) is 10.1 Å². The number of rotatable bonds is 8. The number of carbonyl (C=O) groups is 2. The topological polar surface area (TPSA) is 89.8 Å². The van der Waals surface area contributed by atoms with Crippen molar-refractivity contribution in [2.75, 3.05) is 17.2 Å². The SMILES string of the molecule is CC(C)COC(=O)Nc1cccc(NC(=O)c2occc2COc2ccccc2)c1. The van der Waals surface area contributed by atoms with Gasteiger partial charge in [-0.2, -0.15) is 0 Å². The van der Waals surface area contributed by atoms with Gasteiger partial charge >= 0.3 is 6.09 Å². The second-order valence-electron chi connectivity index (χ2n) is 7.03. The lowest BCUT2D eigenvalue weighted by Gasteiger charge is -2.10. The predicted molar refractivity (Wildman–Crippen MR) is 114 cm³/mol. The molecule has 30 heavy (non-hydrogen) atoms. The molecule has 1 heterocycles. The summed E-state index contributed by atoms with van der Waals surface area (Å²) in [5.41, 5.74) is 1.64. The number of para-hydroxylation sites is 1. The molecule has 3 rings (SSSR count). The summed E-state index contributed by atoms with van der Waals surface area (Å²) in [6.07, 6.45) is 0.903. The summed E-state index contributed by atoms with van der Waals surface area (Å²) < 4.78 is 16.1. The number of hydrogen-bond acceptors (Lipinski definition) is 5. The molecule has 0 spiro atoms. The lowest BCUT2D eigenvalue weighted by molar-refractivity contribution is 0.0993. The molecule has 7 nitrogen and oxygen atoms in total. The van der Waals surface area contributed by atoms with E-state index < -0.39 is 12.0 Å². The van der Waals surface area contributed by atoms with Gasteiger partial charge in [0.05, 0.1) is 12.9 Å². The first-order valence-corrected chi connectivity index (χ1v) is 9.60. The molecular weight excluding hydrogens is 384 g/mol. The Kier molecular flexibility index (Phi) is 7.10. The van der Waals surface area contributed by atoms with Gasteiger partial charge in [0, 0.05) is 16.9 Å². The van der Waals surface area contributed by atoms with Gasteiger partial charge in [0.1, 0.15) is 12.4 Å². The fraction of sp³-hybridized carbons (Fsp3) is 0.217. The van der Waals surface area contributed by atoms with Crippen LogP contribution in [0.1, 0.15) is 30.0 Å². The molecule has 0 saturated heterocycles. The number of nitrogens with one attached hydrogen (secondary N) is 2. The van der Waals surface area contributed by atoms with Crippen molar-refractivity contribution in [3.63, 3.8) is 0 Å². The van der Waals surface area contributed by atoms with Crippen LogP contribution in [0.4, 0.5) is 16.2 Å². The minimum absolute atomic E-state index is 0.167. The summed E-state index contributed by atoms with van der Waals surface area (Å²) >= 11 is 0. The largest absolute Gasteiger partial charge is 0.489 e. The fourth-order valence-electron chi connectivity index (χ4n) is 2.59. The molecule has 0 aliphatic carbocycles. The van der Waals surface area contributed by atoms with Crippen molar-refractivity contribution in [2.45, 2.75) is 20.5 Å². The number of ether oxygens (including phenoxy) is 2. The Hall–Kier alpha value is -3.74. The van der Waals surface area contributed by atoms with E-state index in [9.17, 15) is 9.59 Å². The van der Waals surface area contributed by atoms with E-state index in [1.54, 1.807) is 30.3 Å². The van der Waals surface area contributed by atoms with E-state index >= 15 is 0 Å². The third-order valence-electron chi connectivity index (χ3n) is 4.01. The zero-order valence-corrected chi connectivity index (χ0v) is 16.9. The van der Waals surface area contributed by atoms with E-state index in [1.165, 1.54) is 6.26 Å². The Morgan fingerprint density at radius 3 is 2.43 bits per heavy atom. The highest BCUT2D eigenvalue weighted by atomic mass is 16.5. The molecule has 0 radical (unpaired) electrons. The van der Waals surface area contributed by atoms with E-state index in [2.05, 4.69) is 10.6 Å². The number of hydrogen-bond donors (Lipinski definition) is 2. The molecule has 2 amide bonds. The predicted octanol–water partition coefficient (Wildman–Crippen LogP) is 5.32. The smallest absolute Gasteiger partial charge is 0.411 e. The van der Waals surface area contributed by atoms with Gasteiger partial charge in [-0.1, -0.05) is 38.1 Å². The normalized spacial score (nSPS) is 10.5. The lowest BCUT2D eigenvalue weighted by Crippen LogP contribution is -2.17. The number of anilines is 2. The molecule has 0 atom stereocenters. The highest BCUT2D eigenvalue weighted by molar-refractivity contribution is 6.03. The molecule has 0 aliphatic rings. The summed E-state index contributed by atoms with van der Waals surface area (Å²) in [5, 5.41) is 5.41. The molecule has 156 valence electrons.